The molecule has 0 aromatic carbocycles. The van der Waals surface area contributed by atoms with Crippen molar-refractivity contribution in [3.05, 3.63) is 21.1 Å². The molecule has 1 aliphatic carbocycles. The zero-order valence-electron chi connectivity index (χ0n) is 11.5. The summed E-state index contributed by atoms with van der Waals surface area (Å²) in [6, 6.07) is 1.77. The third-order valence-corrected chi connectivity index (χ3v) is 4.15. The molecule has 5 nitrogen and oxygen atoms in total. The van der Waals surface area contributed by atoms with Crippen molar-refractivity contribution in [2.45, 2.75) is 51.4 Å². The van der Waals surface area contributed by atoms with Crippen molar-refractivity contribution in [2.75, 3.05) is 5.32 Å². The van der Waals surface area contributed by atoms with Gasteiger partial charge in [0.1, 0.15) is 11.5 Å². The molecular weight excluding hydrogens is 348 g/mol. The maximum absolute atomic E-state index is 12.1. The number of aryl methyl sites for hydroxylation is 1. The van der Waals surface area contributed by atoms with E-state index in [1.54, 1.807) is 13.0 Å². The summed E-state index contributed by atoms with van der Waals surface area (Å²) >= 11 is 3.35. The van der Waals surface area contributed by atoms with E-state index < -0.39 is 6.61 Å². The van der Waals surface area contributed by atoms with E-state index in [2.05, 4.69) is 36.1 Å². The van der Waals surface area contributed by atoms with Crippen LogP contribution in [0.25, 0.3) is 0 Å². The van der Waals surface area contributed by atoms with Crippen molar-refractivity contribution in [1.29, 1.82) is 0 Å². The SMILES string of the molecule is Cc1nc(NC2CCC(OC(F)F)CC2)c(Br)cc1N=O. The summed E-state index contributed by atoms with van der Waals surface area (Å²) in [4.78, 5) is 14.9. The molecule has 1 saturated carbocycles. The molecule has 8 heteroatoms. The number of nitroso groups, excluding NO2 is 1. The van der Waals surface area contributed by atoms with Gasteiger partial charge in [-0.15, -0.1) is 4.91 Å². The first kappa shape index (κ1) is 16.2. The Kier molecular flexibility index (Phi) is 5.58. The van der Waals surface area contributed by atoms with Gasteiger partial charge in [0.15, 0.2) is 0 Å². The van der Waals surface area contributed by atoms with Crippen LogP contribution >= 0.6 is 15.9 Å². The van der Waals surface area contributed by atoms with Crippen molar-refractivity contribution in [3.8, 4) is 0 Å². The smallest absolute Gasteiger partial charge is 0.345 e. The van der Waals surface area contributed by atoms with Gasteiger partial charge in [-0.05, 0) is 59.8 Å². The lowest BCUT2D eigenvalue weighted by molar-refractivity contribution is -0.169. The summed E-state index contributed by atoms with van der Waals surface area (Å²) in [6.07, 6.45) is 2.28. The summed E-state index contributed by atoms with van der Waals surface area (Å²) < 4.78 is 29.5. The Morgan fingerprint density at radius 1 is 1.43 bits per heavy atom. The molecule has 0 amide bonds. The second-order valence-corrected chi connectivity index (χ2v) is 5.88. The molecule has 0 saturated heterocycles. The third kappa shape index (κ3) is 4.41. The lowest BCUT2D eigenvalue weighted by atomic mass is 9.93. The Morgan fingerprint density at radius 2 is 2.10 bits per heavy atom. The van der Waals surface area contributed by atoms with Crippen LogP contribution in [0.1, 0.15) is 31.4 Å². The normalized spacial score (nSPS) is 22.3. The summed E-state index contributed by atoms with van der Waals surface area (Å²) in [5.74, 6) is 0.637. The van der Waals surface area contributed by atoms with Crippen LogP contribution in [0.3, 0.4) is 0 Å². The molecule has 0 radical (unpaired) electrons. The highest BCUT2D eigenvalue weighted by Gasteiger charge is 2.24. The van der Waals surface area contributed by atoms with Crippen LogP contribution in [0, 0.1) is 11.8 Å². The summed E-state index contributed by atoms with van der Waals surface area (Å²) in [5, 5.41) is 6.17. The van der Waals surface area contributed by atoms with Crippen LogP contribution < -0.4 is 5.32 Å². The molecule has 1 aromatic heterocycles. The molecule has 0 aliphatic heterocycles. The number of nitrogens with one attached hydrogen (secondary N) is 1. The van der Waals surface area contributed by atoms with Gasteiger partial charge in [0.25, 0.3) is 0 Å². The Balaban J connectivity index is 1.94. The number of rotatable bonds is 5. The third-order valence-electron chi connectivity index (χ3n) is 3.55. The summed E-state index contributed by atoms with van der Waals surface area (Å²) in [6.45, 7) is -0.997. The van der Waals surface area contributed by atoms with E-state index in [0.29, 0.717) is 34.5 Å². The largest absolute Gasteiger partial charge is 0.366 e. The molecule has 1 fully saturated rings. The van der Waals surface area contributed by atoms with Gasteiger partial charge in [-0.2, -0.15) is 8.78 Å². The van der Waals surface area contributed by atoms with E-state index in [4.69, 9.17) is 0 Å². The molecule has 0 unspecified atom stereocenters. The number of ether oxygens (including phenoxy) is 1. The quantitative estimate of drug-likeness (QED) is 0.781. The Hall–Kier alpha value is -1.15. The molecule has 0 atom stereocenters. The van der Waals surface area contributed by atoms with E-state index in [-0.39, 0.29) is 12.1 Å². The first-order chi connectivity index (χ1) is 9.99. The molecule has 1 heterocycles. The zero-order valence-corrected chi connectivity index (χ0v) is 13.1. The fourth-order valence-corrected chi connectivity index (χ4v) is 2.87. The number of pyridine rings is 1. The minimum atomic E-state index is -2.71. The fraction of sp³-hybridized carbons (Fsp3) is 0.615. The molecule has 0 spiro atoms. The maximum atomic E-state index is 12.1. The lowest BCUT2D eigenvalue weighted by Crippen LogP contribution is -2.31. The van der Waals surface area contributed by atoms with Crippen LogP contribution in [-0.4, -0.2) is 23.7 Å². The zero-order chi connectivity index (χ0) is 15.4. The first-order valence-electron chi connectivity index (χ1n) is 6.70. The van der Waals surface area contributed by atoms with E-state index in [9.17, 15) is 13.7 Å². The average molecular weight is 364 g/mol. The number of aromatic nitrogens is 1. The van der Waals surface area contributed by atoms with Crippen molar-refractivity contribution >= 4 is 27.4 Å². The number of halogens is 3. The lowest BCUT2D eigenvalue weighted by Gasteiger charge is -2.29. The topological polar surface area (TPSA) is 63.6 Å². The second-order valence-electron chi connectivity index (χ2n) is 5.03. The number of anilines is 1. The van der Waals surface area contributed by atoms with E-state index in [0.717, 1.165) is 12.8 Å². The van der Waals surface area contributed by atoms with Gasteiger partial charge in [-0.1, -0.05) is 0 Å². The Bertz CT molecular complexity index is 508. The molecule has 1 aliphatic rings. The van der Waals surface area contributed by atoms with Gasteiger partial charge < -0.3 is 10.1 Å². The van der Waals surface area contributed by atoms with E-state index in [1.807, 2.05) is 0 Å². The van der Waals surface area contributed by atoms with E-state index in [1.165, 1.54) is 0 Å². The van der Waals surface area contributed by atoms with Gasteiger partial charge >= 0.3 is 6.61 Å². The van der Waals surface area contributed by atoms with Crippen LogP contribution in [0.15, 0.2) is 15.7 Å². The fourth-order valence-electron chi connectivity index (χ4n) is 2.45. The van der Waals surface area contributed by atoms with Gasteiger partial charge in [-0.25, -0.2) is 4.98 Å². The first-order valence-corrected chi connectivity index (χ1v) is 7.49. The van der Waals surface area contributed by atoms with Gasteiger partial charge in [0.05, 0.1) is 16.3 Å². The van der Waals surface area contributed by atoms with Crippen LogP contribution in [-0.2, 0) is 4.74 Å². The van der Waals surface area contributed by atoms with Crippen molar-refractivity contribution in [3.63, 3.8) is 0 Å². The van der Waals surface area contributed by atoms with Gasteiger partial charge in [-0.3, -0.25) is 0 Å². The van der Waals surface area contributed by atoms with Crippen LogP contribution in [0.5, 0.6) is 0 Å². The Labute approximate surface area is 129 Å². The highest BCUT2D eigenvalue weighted by atomic mass is 79.9. The molecular formula is C13H16BrF2N3O2. The molecule has 1 N–H and O–H groups in total. The monoisotopic (exact) mass is 363 g/mol. The number of hydrogen-bond donors (Lipinski definition) is 1. The minimum Gasteiger partial charge on any atom is -0.366 e. The Morgan fingerprint density at radius 3 is 2.67 bits per heavy atom. The maximum Gasteiger partial charge on any atom is 0.345 e. The van der Waals surface area contributed by atoms with Crippen LogP contribution in [0.4, 0.5) is 20.3 Å². The van der Waals surface area contributed by atoms with Crippen molar-refractivity contribution in [2.24, 2.45) is 5.18 Å². The standard InChI is InChI=1S/C13H16BrF2N3O2/c1-7-11(19-20)6-10(14)12(17-7)18-8-2-4-9(5-3-8)21-13(15)16/h6,8-9,13H,2-5H2,1H3,(H,17,18). The molecule has 0 bridgehead atoms. The summed E-state index contributed by atoms with van der Waals surface area (Å²) in [5.41, 5.74) is 0.840. The average Bonchev–Trinajstić information content (AvgIpc) is 2.44. The predicted molar refractivity (Wildman–Crippen MR) is 78.9 cm³/mol. The number of alkyl halides is 2. The molecule has 2 rings (SSSR count). The second kappa shape index (κ2) is 7.22. The highest BCUT2D eigenvalue weighted by Crippen LogP contribution is 2.31. The van der Waals surface area contributed by atoms with Gasteiger partial charge in [0.2, 0.25) is 0 Å². The highest BCUT2D eigenvalue weighted by molar-refractivity contribution is 9.10. The van der Waals surface area contributed by atoms with E-state index >= 15 is 0 Å². The molecule has 1 aromatic rings. The van der Waals surface area contributed by atoms with Crippen molar-refractivity contribution < 1.29 is 13.5 Å². The molecule has 21 heavy (non-hydrogen) atoms. The minimum absolute atomic E-state index is 0.153. The number of hydrogen-bond acceptors (Lipinski definition) is 5. The van der Waals surface area contributed by atoms with Crippen LogP contribution in [0.2, 0.25) is 0 Å². The number of nitrogens with zero attached hydrogens (tertiary/aromatic N) is 2. The molecule has 116 valence electrons. The van der Waals surface area contributed by atoms with Crippen molar-refractivity contribution in [1.82, 2.24) is 4.98 Å². The summed E-state index contributed by atoms with van der Waals surface area (Å²) in [7, 11) is 0. The predicted octanol–water partition coefficient (Wildman–Crippen LogP) is 4.51. The van der Waals surface area contributed by atoms with Gasteiger partial charge in [0, 0.05) is 6.04 Å².